The van der Waals surface area contributed by atoms with E-state index in [2.05, 4.69) is 15.2 Å². The summed E-state index contributed by atoms with van der Waals surface area (Å²) in [5.74, 6) is 0. The lowest BCUT2D eigenvalue weighted by molar-refractivity contribution is -0.385. The van der Waals surface area contributed by atoms with Crippen molar-refractivity contribution >= 4 is 52.1 Å². The third kappa shape index (κ3) is 3.31. The van der Waals surface area contributed by atoms with Crippen LogP contribution in [0, 0.1) is 10.1 Å². The second kappa shape index (κ2) is 5.83. The summed E-state index contributed by atoms with van der Waals surface area (Å²) in [6.45, 7) is 0. The quantitative estimate of drug-likeness (QED) is 0.369. The summed E-state index contributed by atoms with van der Waals surface area (Å²) in [5, 5.41) is 19.1. The molecule has 2 heterocycles. The summed E-state index contributed by atoms with van der Waals surface area (Å²) in [6, 6.07) is 2.57. The molecule has 2 aromatic rings. The number of hydrogen-bond acceptors (Lipinski definition) is 8. The first-order chi connectivity index (χ1) is 8.58. The van der Waals surface area contributed by atoms with E-state index in [0.29, 0.717) is 9.37 Å². The number of halogens is 1. The summed E-state index contributed by atoms with van der Waals surface area (Å²) >= 11 is 9.82. The highest BCUT2D eigenvalue weighted by molar-refractivity contribution is 8.02. The number of nitro groups is 1. The number of hydrogen-bond donors (Lipinski definition) is 0. The molecule has 0 spiro atoms. The summed E-state index contributed by atoms with van der Waals surface area (Å²) in [6.07, 6.45) is 1.90. The SMILES string of the molecule is CSc1nnc(Sc2cc([N+](=O)[O-])cc(Cl)n2)s1. The number of rotatable bonds is 4. The molecular weight excluding hydrogens is 316 g/mol. The minimum Gasteiger partial charge on any atom is -0.258 e. The van der Waals surface area contributed by atoms with Crippen molar-refractivity contribution in [2.75, 3.05) is 6.26 Å². The van der Waals surface area contributed by atoms with Crippen molar-refractivity contribution in [1.82, 2.24) is 15.2 Å². The van der Waals surface area contributed by atoms with E-state index in [1.54, 1.807) is 0 Å². The van der Waals surface area contributed by atoms with Crippen LogP contribution in [0.2, 0.25) is 5.15 Å². The fraction of sp³-hybridized carbons (Fsp3) is 0.125. The number of nitrogens with zero attached hydrogens (tertiary/aromatic N) is 4. The molecule has 0 aliphatic rings. The van der Waals surface area contributed by atoms with Crippen LogP contribution in [0.5, 0.6) is 0 Å². The Morgan fingerprint density at radius 1 is 1.39 bits per heavy atom. The average molecular weight is 321 g/mol. The highest BCUT2D eigenvalue weighted by Crippen LogP contribution is 2.33. The Morgan fingerprint density at radius 2 is 2.11 bits per heavy atom. The minimum absolute atomic E-state index is 0.0845. The molecule has 0 aliphatic carbocycles. The molecule has 18 heavy (non-hydrogen) atoms. The van der Waals surface area contributed by atoms with Crippen LogP contribution in [0.25, 0.3) is 0 Å². The molecule has 0 N–H and O–H groups in total. The van der Waals surface area contributed by atoms with Crippen LogP contribution in [0.4, 0.5) is 5.69 Å². The van der Waals surface area contributed by atoms with Crippen molar-refractivity contribution in [2.24, 2.45) is 0 Å². The molecule has 0 aromatic carbocycles. The Bertz CT molecular complexity index is 591. The van der Waals surface area contributed by atoms with Gasteiger partial charge < -0.3 is 0 Å². The Balaban J connectivity index is 2.25. The number of aromatic nitrogens is 3. The molecule has 0 amide bonds. The Kier molecular flexibility index (Phi) is 4.38. The van der Waals surface area contributed by atoms with Crippen LogP contribution in [0.3, 0.4) is 0 Å². The van der Waals surface area contributed by atoms with Crippen LogP contribution in [0.15, 0.2) is 25.8 Å². The molecular formula is C8H5ClN4O2S3. The maximum atomic E-state index is 10.7. The zero-order chi connectivity index (χ0) is 13.1. The van der Waals surface area contributed by atoms with Crippen LogP contribution >= 0.6 is 46.5 Å². The zero-order valence-electron chi connectivity index (χ0n) is 8.86. The van der Waals surface area contributed by atoms with Crippen molar-refractivity contribution < 1.29 is 4.92 Å². The Labute approximate surface area is 119 Å². The largest absolute Gasteiger partial charge is 0.275 e. The van der Waals surface area contributed by atoms with Crippen LogP contribution in [0.1, 0.15) is 0 Å². The van der Waals surface area contributed by atoms with E-state index in [1.165, 1.54) is 47.0 Å². The second-order valence-electron chi connectivity index (χ2n) is 2.88. The van der Waals surface area contributed by atoms with Gasteiger partial charge in [-0.1, -0.05) is 34.7 Å². The predicted octanol–water partition coefficient (Wildman–Crippen LogP) is 3.37. The molecule has 0 unspecified atom stereocenters. The molecule has 0 atom stereocenters. The van der Waals surface area contributed by atoms with E-state index in [4.69, 9.17) is 11.6 Å². The fourth-order valence-electron chi connectivity index (χ4n) is 1.03. The van der Waals surface area contributed by atoms with Crippen LogP contribution in [-0.2, 0) is 0 Å². The van der Waals surface area contributed by atoms with Gasteiger partial charge in [0.1, 0.15) is 10.2 Å². The second-order valence-corrected chi connectivity index (χ2v) is 6.57. The van der Waals surface area contributed by atoms with Crippen LogP contribution < -0.4 is 0 Å². The summed E-state index contributed by atoms with van der Waals surface area (Å²) in [4.78, 5) is 14.2. The molecule has 0 saturated heterocycles. The van der Waals surface area contributed by atoms with Crippen molar-refractivity contribution in [1.29, 1.82) is 0 Å². The van der Waals surface area contributed by atoms with E-state index >= 15 is 0 Å². The summed E-state index contributed by atoms with van der Waals surface area (Å²) in [5.41, 5.74) is -0.0906. The third-order valence-electron chi connectivity index (χ3n) is 1.72. The van der Waals surface area contributed by atoms with Crippen molar-refractivity contribution in [3.63, 3.8) is 0 Å². The predicted molar refractivity (Wildman–Crippen MR) is 71.7 cm³/mol. The molecule has 0 fully saturated rings. The van der Waals surface area contributed by atoms with E-state index < -0.39 is 4.92 Å². The molecule has 10 heteroatoms. The highest BCUT2D eigenvalue weighted by Gasteiger charge is 2.13. The van der Waals surface area contributed by atoms with E-state index in [1.807, 2.05) is 6.26 Å². The van der Waals surface area contributed by atoms with Gasteiger partial charge in [0.2, 0.25) is 0 Å². The lowest BCUT2D eigenvalue weighted by Gasteiger charge is -1.97. The first-order valence-electron chi connectivity index (χ1n) is 4.46. The van der Waals surface area contributed by atoms with Gasteiger partial charge in [0.05, 0.1) is 11.0 Å². The van der Waals surface area contributed by atoms with Crippen LogP contribution in [-0.4, -0.2) is 26.4 Å². The van der Waals surface area contributed by atoms with Gasteiger partial charge >= 0.3 is 0 Å². The Morgan fingerprint density at radius 3 is 2.72 bits per heavy atom. The minimum atomic E-state index is -0.509. The Hall–Kier alpha value is -0.900. The highest BCUT2D eigenvalue weighted by atomic mass is 35.5. The molecule has 94 valence electrons. The first-order valence-corrected chi connectivity index (χ1v) is 7.69. The van der Waals surface area contributed by atoms with Gasteiger partial charge in [-0.3, -0.25) is 10.1 Å². The number of thioether (sulfide) groups is 1. The standard InChI is InChI=1S/C8H5ClN4O2S3/c1-16-7-11-12-8(18-7)17-6-3-4(13(14)15)2-5(9)10-6/h2-3H,1H3. The summed E-state index contributed by atoms with van der Waals surface area (Å²) in [7, 11) is 0. The van der Waals surface area contributed by atoms with Gasteiger partial charge in [-0.15, -0.1) is 10.2 Å². The van der Waals surface area contributed by atoms with E-state index in [0.717, 1.165) is 4.34 Å². The molecule has 2 rings (SSSR count). The van der Waals surface area contributed by atoms with Gasteiger partial charge in [-0.05, 0) is 18.0 Å². The topological polar surface area (TPSA) is 81.8 Å². The smallest absolute Gasteiger partial charge is 0.258 e. The molecule has 6 nitrogen and oxygen atoms in total. The van der Waals surface area contributed by atoms with Crippen molar-refractivity contribution in [3.05, 3.63) is 27.4 Å². The van der Waals surface area contributed by atoms with Gasteiger partial charge in [0, 0.05) is 6.07 Å². The van der Waals surface area contributed by atoms with Gasteiger partial charge in [0.15, 0.2) is 8.68 Å². The molecule has 0 bridgehead atoms. The third-order valence-corrected chi connectivity index (χ3v) is 4.78. The lowest BCUT2D eigenvalue weighted by atomic mass is 10.4. The maximum Gasteiger partial charge on any atom is 0.275 e. The van der Waals surface area contributed by atoms with Gasteiger partial charge in [-0.25, -0.2) is 4.98 Å². The van der Waals surface area contributed by atoms with Crippen molar-refractivity contribution in [2.45, 2.75) is 13.7 Å². The van der Waals surface area contributed by atoms with E-state index in [9.17, 15) is 10.1 Å². The molecule has 0 aliphatic heterocycles. The van der Waals surface area contributed by atoms with Gasteiger partial charge in [-0.2, -0.15) is 0 Å². The zero-order valence-corrected chi connectivity index (χ0v) is 12.1. The monoisotopic (exact) mass is 320 g/mol. The normalized spacial score (nSPS) is 10.6. The first kappa shape index (κ1) is 13.5. The fourth-order valence-corrected chi connectivity index (χ4v) is 3.69. The lowest BCUT2D eigenvalue weighted by Crippen LogP contribution is -1.90. The van der Waals surface area contributed by atoms with Gasteiger partial charge in [0.25, 0.3) is 5.69 Å². The molecule has 0 radical (unpaired) electrons. The average Bonchev–Trinajstić information content (AvgIpc) is 2.76. The maximum absolute atomic E-state index is 10.7. The number of pyridine rings is 1. The van der Waals surface area contributed by atoms with E-state index in [-0.39, 0.29) is 10.8 Å². The molecule has 2 aromatic heterocycles. The summed E-state index contributed by atoms with van der Waals surface area (Å²) < 4.78 is 1.50. The van der Waals surface area contributed by atoms with Crippen molar-refractivity contribution in [3.8, 4) is 0 Å². The molecule has 0 saturated carbocycles.